The van der Waals surface area contributed by atoms with E-state index in [0.29, 0.717) is 10.7 Å². The fraction of sp³-hybridized carbons (Fsp3) is 0.412. The van der Waals surface area contributed by atoms with Gasteiger partial charge >= 0.3 is 0 Å². The van der Waals surface area contributed by atoms with E-state index in [1.807, 2.05) is 25.1 Å². The van der Waals surface area contributed by atoms with Crippen molar-refractivity contribution in [3.8, 4) is 5.75 Å². The zero-order valence-electron chi connectivity index (χ0n) is 13.9. The third-order valence-corrected chi connectivity index (χ3v) is 5.02. The van der Waals surface area contributed by atoms with E-state index in [4.69, 9.17) is 4.74 Å². The Morgan fingerprint density at radius 2 is 1.91 bits per heavy atom. The monoisotopic (exact) mass is 336 g/mol. The molecule has 1 aliphatic rings. The quantitative estimate of drug-likeness (QED) is 0.660. The Balaban J connectivity index is 2.08. The third kappa shape index (κ3) is 5.41. The first kappa shape index (κ1) is 17.6. The highest BCUT2D eigenvalue weighted by atomic mass is 32.2. The van der Waals surface area contributed by atoms with Gasteiger partial charge in [0.2, 0.25) is 0 Å². The maximum Gasteiger partial charge on any atom is 0.171 e. The summed E-state index contributed by atoms with van der Waals surface area (Å²) in [6, 6.07) is 7.95. The first-order chi connectivity index (χ1) is 10.9. The summed E-state index contributed by atoms with van der Waals surface area (Å²) in [6.07, 6.45) is 4.43. The highest BCUT2D eigenvalue weighted by Gasteiger charge is 2.11. The predicted octanol–water partition coefficient (Wildman–Crippen LogP) is 2.33. The van der Waals surface area contributed by atoms with E-state index in [2.05, 4.69) is 16.3 Å². The molecule has 126 valence electrons. The summed E-state index contributed by atoms with van der Waals surface area (Å²) in [4.78, 5) is 2.63. The average molecular weight is 336 g/mol. The van der Waals surface area contributed by atoms with Crippen molar-refractivity contribution < 1.29 is 13.2 Å². The van der Waals surface area contributed by atoms with Crippen LogP contribution in [0.25, 0.3) is 0 Å². The summed E-state index contributed by atoms with van der Waals surface area (Å²) >= 11 is 0. The molecular weight excluding hydrogens is 312 g/mol. The minimum Gasteiger partial charge on any atom is -0.462 e. The number of hydrogen-bond donors (Lipinski definition) is 1. The van der Waals surface area contributed by atoms with Gasteiger partial charge in [0.25, 0.3) is 0 Å². The van der Waals surface area contributed by atoms with Gasteiger partial charge in [-0.15, -0.1) is 0 Å². The van der Waals surface area contributed by atoms with E-state index in [9.17, 15) is 8.42 Å². The smallest absolute Gasteiger partial charge is 0.171 e. The van der Waals surface area contributed by atoms with Crippen LogP contribution in [-0.2, 0) is 9.84 Å². The first-order valence-electron chi connectivity index (χ1n) is 7.65. The molecule has 0 unspecified atom stereocenters. The highest BCUT2D eigenvalue weighted by molar-refractivity contribution is 7.94. The van der Waals surface area contributed by atoms with Crippen LogP contribution in [0.3, 0.4) is 0 Å². The molecule has 1 heterocycles. The largest absolute Gasteiger partial charge is 0.462 e. The van der Waals surface area contributed by atoms with Crippen LogP contribution in [0.2, 0.25) is 0 Å². The molecule has 1 aromatic carbocycles. The second-order valence-electron chi connectivity index (χ2n) is 5.66. The summed E-state index contributed by atoms with van der Waals surface area (Å²) in [7, 11) is -3.14. The molecule has 1 N–H and O–H groups in total. The molecule has 0 aliphatic carbocycles. The minimum absolute atomic E-state index is 0.315. The lowest BCUT2D eigenvalue weighted by Crippen LogP contribution is -2.43. The van der Waals surface area contributed by atoms with Crippen LogP contribution in [-0.4, -0.2) is 40.9 Å². The number of sulfone groups is 1. The van der Waals surface area contributed by atoms with Crippen LogP contribution in [0.5, 0.6) is 5.75 Å². The van der Waals surface area contributed by atoms with Crippen molar-refractivity contribution in [2.75, 3.05) is 37.3 Å². The van der Waals surface area contributed by atoms with Gasteiger partial charge in [-0.2, -0.15) is 0 Å². The fourth-order valence-electron chi connectivity index (χ4n) is 2.24. The number of ether oxygens (including phenoxy) is 1. The van der Waals surface area contributed by atoms with Gasteiger partial charge in [-0.05, 0) is 38.1 Å². The van der Waals surface area contributed by atoms with Crippen molar-refractivity contribution in [3.05, 3.63) is 47.1 Å². The topological polar surface area (TPSA) is 58.6 Å². The molecule has 0 saturated carbocycles. The number of benzene rings is 1. The van der Waals surface area contributed by atoms with Crippen LogP contribution in [0, 0.1) is 0 Å². The predicted molar refractivity (Wildman–Crippen MR) is 94.5 cm³/mol. The number of anilines is 1. The number of allylic oxidation sites excluding steroid dienone is 4. The van der Waals surface area contributed by atoms with Crippen molar-refractivity contribution in [2.24, 2.45) is 0 Å². The van der Waals surface area contributed by atoms with Gasteiger partial charge in [0.1, 0.15) is 11.5 Å². The Hall–Kier alpha value is -1.79. The molecule has 1 fully saturated rings. The van der Waals surface area contributed by atoms with Crippen LogP contribution < -0.4 is 15.0 Å². The van der Waals surface area contributed by atoms with E-state index in [0.717, 1.165) is 37.6 Å². The van der Waals surface area contributed by atoms with Gasteiger partial charge in [0, 0.05) is 49.1 Å². The average Bonchev–Trinajstić information content (AvgIpc) is 2.53. The van der Waals surface area contributed by atoms with Crippen molar-refractivity contribution in [3.63, 3.8) is 0 Å². The molecule has 5 nitrogen and oxygen atoms in total. The van der Waals surface area contributed by atoms with E-state index >= 15 is 0 Å². The molecule has 1 aliphatic heterocycles. The lowest BCUT2D eigenvalue weighted by molar-refractivity contribution is 0.428. The van der Waals surface area contributed by atoms with Gasteiger partial charge in [-0.1, -0.05) is 6.07 Å². The molecule has 0 amide bonds. The molecule has 6 heteroatoms. The SMILES string of the molecule is C/C(=C\C=C(/C)S(C)(=O)=O)Oc1cccc(N2CCNCC2)c1. The van der Waals surface area contributed by atoms with Gasteiger partial charge < -0.3 is 15.0 Å². The molecule has 23 heavy (non-hydrogen) atoms. The van der Waals surface area contributed by atoms with E-state index in [1.165, 1.54) is 6.26 Å². The van der Waals surface area contributed by atoms with Crippen molar-refractivity contribution in [1.82, 2.24) is 5.32 Å². The lowest BCUT2D eigenvalue weighted by Gasteiger charge is -2.29. The maximum absolute atomic E-state index is 11.4. The summed E-state index contributed by atoms with van der Waals surface area (Å²) in [6.45, 7) is 7.32. The van der Waals surface area contributed by atoms with Crippen molar-refractivity contribution >= 4 is 15.5 Å². The standard InChI is InChI=1S/C17H24N2O3S/c1-14(7-8-15(2)23(3,20)21)22-17-6-4-5-16(13-17)19-11-9-18-10-12-19/h4-8,13,18H,9-12H2,1-3H3/b14-7+,15-8+. The Bertz CT molecular complexity index is 702. The molecule has 0 spiro atoms. The lowest BCUT2D eigenvalue weighted by atomic mass is 10.2. The summed E-state index contributed by atoms with van der Waals surface area (Å²) in [5, 5.41) is 3.33. The van der Waals surface area contributed by atoms with E-state index < -0.39 is 9.84 Å². The molecule has 0 aromatic heterocycles. The summed E-state index contributed by atoms with van der Waals surface area (Å²) in [5.74, 6) is 1.39. The molecular formula is C17H24N2O3S. The van der Waals surface area contributed by atoms with Gasteiger partial charge in [0.05, 0.1) is 0 Å². The number of nitrogens with zero attached hydrogens (tertiary/aromatic N) is 1. The molecule has 0 atom stereocenters. The Kier molecular flexibility index (Phi) is 5.85. The highest BCUT2D eigenvalue weighted by Crippen LogP contribution is 2.23. The Morgan fingerprint density at radius 3 is 2.57 bits per heavy atom. The molecule has 0 radical (unpaired) electrons. The zero-order chi connectivity index (χ0) is 16.9. The normalized spacial score (nSPS) is 17.3. The third-order valence-electron chi connectivity index (χ3n) is 3.72. The molecule has 1 aromatic rings. The molecule has 0 bridgehead atoms. The van der Waals surface area contributed by atoms with Crippen LogP contribution >= 0.6 is 0 Å². The molecule has 2 rings (SSSR count). The van der Waals surface area contributed by atoms with Crippen LogP contribution in [0.15, 0.2) is 47.1 Å². The fourth-order valence-corrected chi connectivity index (χ4v) is 2.56. The Labute approximate surface area is 138 Å². The van der Waals surface area contributed by atoms with Crippen molar-refractivity contribution in [2.45, 2.75) is 13.8 Å². The van der Waals surface area contributed by atoms with Crippen molar-refractivity contribution in [1.29, 1.82) is 0 Å². The summed E-state index contributed by atoms with van der Waals surface area (Å²) in [5.41, 5.74) is 1.14. The molecule has 1 saturated heterocycles. The second-order valence-corrected chi connectivity index (χ2v) is 7.85. The second kappa shape index (κ2) is 7.66. The first-order valence-corrected chi connectivity index (χ1v) is 9.54. The summed E-state index contributed by atoms with van der Waals surface area (Å²) < 4.78 is 28.5. The van der Waals surface area contributed by atoms with E-state index in [-0.39, 0.29) is 0 Å². The Morgan fingerprint density at radius 1 is 1.22 bits per heavy atom. The zero-order valence-corrected chi connectivity index (χ0v) is 14.7. The van der Waals surface area contributed by atoms with Crippen LogP contribution in [0.1, 0.15) is 13.8 Å². The number of nitrogens with one attached hydrogen (secondary N) is 1. The maximum atomic E-state index is 11.4. The van der Waals surface area contributed by atoms with Gasteiger partial charge in [-0.25, -0.2) is 8.42 Å². The van der Waals surface area contributed by atoms with Gasteiger partial charge in [0.15, 0.2) is 9.84 Å². The number of piperazine rings is 1. The van der Waals surface area contributed by atoms with Gasteiger partial charge in [-0.3, -0.25) is 0 Å². The minimum atomic E-state index is -3.14. The number of hydrogen-bond acceptors (Lipinski definition) is 5. The number of rotatable bonds is 5. The van der Waals surface area contributed by atoms with Crippen LogP contribution in [0.4, 0.5) is 5.69 Å². The van der Waals surface area contributed by atoms with E-state index in [1.54, 1.807) is 19.1 Å².